The zero-order valence-corrected chi connectivity index (χ0v) is 23.5. The number of ether oxygens (including phenoxy) is 1. The molecule has 4 rings (SSSR count). The van der Waals surface area contributed by atoms with Gasteiger partial charge in [0.25, 0.3) is 17.5 Å². The van der Waals surface area contributed by atoms with Crippen LogP contribution in [-0.2, 0) is 0 Å². The molecule has 0 fully saturated rings. The number of hydrogen-bond donors (Lipinski definition) is 2. The number of esters is 1. The van der Waals surface area contributed by atoms with Gasteiger partial charge in [-0.3, -0.25) is 19.7 Å². The van der Waals surface area contributed by atoms with Crippen LogP contribution in [0.5, 0.6) is 5.75 Å². The van der Waals surface area contributed by atoms with Crippen LogP contribution in [0.3, 0.4) is 0 Å². The second-order valence-electron chi connectivity index (χ2n) is 8.12. The van der Waals surface area contributed by atoms with Gasteiger partial charge < -0.3 is 10.1 Å². The Morgan fingerprint density at radius 3 is 2.17 bits per heavy atom. The van der Waals surface area contributed by atoms with Gasteiger partial charge in [-0.15, -0.1) is 0 Å². The summed E-state index contributed by atoms with van der Waals surface area (Å²) >= 11 is 6.67. The number of carbonyl (C=O) groups excluding carboxylic acids is 3. The van der Waals surface area contributed by atoms with Crippen LogP contribution in [0.1, 0.15) is 36.6 Å². The Bertz CT molecular complexity index is 1620. The fraction of sp³-hybridized carbons (Fsp3) is 0. The molecule has 0 unspecified atom stereocenters. The van der Waals surface area contributed by atoms with Gasteiger partial charge in [-0.1, -0.05) is 37.9 Å². The number of nitro benzene ring substituents is 1. The summed E-state index contributed by atoms with van der Waals surface area (Å²) in [5.74, 6) is -1.43. The number of hydrazone groups is 1. The molecule has 0 aliphatic heterocycles. The Labute approximate surface area is 244 Å². The molecule has 12 heteroatoms. The minimum atomic E-state index is -0.724. The van der Waals surface area contributed by atoms with E-state index in [0.29, 0.717) is 21.3 Å². The van der Waals surface area contributed by atoms with Gasteiger partial charge in [-0.2, -0.15) is 5.10 Å². The molecule has 2 amide bonds. The van der Waals surface area contributed by atoms with E-state index in [0.717, 1.165) is 4.47 Å². The first-order valence-electron chi connectivity index (χ1n) is 11.5. The summed E-state index contributed by atoms with van der Waals surface area (Å²) in [4.78, 5) is 48.0. The fourth-order valence-corrected chi connectivity index (χ4v) is 4.00. The van der Waals surface area contributed by atoms with E-state index in [1.54, 1.807) is 54.6 Å². The summed E-state index contributed by atoms with van der Waals surface area (Å²) in [7, 11) is 0. The van der Waals surface area contributed by atoms with Crippen LogP contribution in [0.15, 0.2) is 105 Å². The van der Waals surface area contributed by atoms with Crippen molar-refractivity contribution in [1.29, 1.82) is 0 Å². The number of halogens is 2. The molecule has 40 heavy (non-hydrogen) atoms. The van der Waals surface area contributed by atoms with E-state index >= 15 is 0 Å². The molecule has 200 valence electrons. The Morgan fingerprint density at radius 2 is 1.48 bits per heavy atom. The number of anilines is 1. The first-order chi connectivity index (χ1) is 19.2. The summed E-state index contributed by atoms with van der Waals surface area (Å²) in [5.41, 5.74) is 3.90. The number of carbonyl (C=O) groups is 3. The van der Waals surface area contributed by atoms with Crippen molar-refractivity contribution in [3.05, 3.63) is 132 Å². The van der Waals surface area contributed by atoms with Crippen LogP contribution in [0, 0.1) is 10.1 Å². The van der Waals surface area contributed by atoms with Crippen molar-refractivity contribution >= 4 is 67.2 Å². The number of nitrogens with one attached hydrogen (secondary N) is 2. The molecule has 4 aromatic carbocycles. The number of non-ortho nitro benzene ring substituents is 1. The van der Waals surface area contributed by atoms with E-state index in [9.17, 15) is 24.5 Å². The summed E-state index contributed by atoms with van der Waals surface area (Å²) in [6, 6.07) is 23.0. The van der Waals surface area contributed by atoms with Crippen molar-refractivity contribution < 1.29 is 24.0 Å². The standard InChI is InChI=1S/C28H18Br2N4O6/c29-21-8-4-17(5-9-21)26(35)32-23-3-1-2-19(15-23)27(36)33-31-16-20-14-22(30)10-13-25(20)40-28(37)18-6-11-24(12-7-18)34(38)39/h1-16H,(H,32,35)(H,33,36). The minimum Gasteiger partial charge on any atom is -0.422 e. The molecule has 0 bridgehead atoms. The van der Waals surface area contributed by atoms with E-state index in [4.69, 9.17) is 4.74 Å². The number of amides is 2. The number of rotatable bonds is 8. The van der Waals surface area contributed by atoms with Crippen LogP contribution >= 0.6 is 31.9 Å². The maximum Gasteiger partial charge on any atom is 0.343 e. The van der Waals surface area contributed by atoms with E-state index in [1.807, 2.05) is 0 Å². The molecule has 0 atom stereocenters. The quantitative estimate of drug-likeness (QED) is 0.0739. The third-order valence-corrected chi connectivity index (χ3v) is 6.37. The molecule has 0 radical (unpaired) electrons. The second kappa shape index (κ2) is 12.9. The third kappa shape index (κ3) is 7.46. The van der Waals surface area contributed by atoms with Crippen LogP contribution in [-0.4, -0.2) is 28.9 Å². The van der Waals surface area contributed by atoms with Gasteiger partial charge in [0.05, 0.1) is 16.7 Å². The largest absolute Gasteiger partial charge is 0.422 e. The number of nitrogens with zero attached hydrogens (tertiary/aromatic N) is 2. The van der Waals surface area contributed by atoms with Crippen molar-refractivity contribution in [2.45, 2.75) is 0 Å². The average molecular weight is 666 g/mol. The van der Waals surface area contributed by atoms with Gasteiger partial charge in [-0.25, -0.2) is 10.2 Å². The molecule has 4 aromatic rings. The summed E-state index contributed by atoms with van der Waals surface area (Å²) < 4.78 is 6.97. The summed E-state index contributed by atoms with van der Waals surface area (Å²) in [6.45, 7) is 0. The number of benzene rings is 4. The van der Waals surface area contributed by atoms with Gasteiger partial charge in [-0.05, 0) is 72.8 Å². The maximum absolute atomic E-state index is 12.7. The maximum atomic E-state index is 12.7. The monoisotopic (exact) mass is 664 g/mol. The Hall–Kier alpha value is -4.68. The van der Waals surface area contributed by atoms with Gasteiger partial charge in [0.15, 0.2) is 0 Å². The summed E-state index contributed by atoms with van der Waals surface area (Å²) in [5, 5.41) is 17.6. The molecular weight excluding hydrogens is 648 g/mol. The molecule has 0 saturated heterocycles. The highest BCUT2D eigenvalue weighted by atomic mass is 79.9. The van der Waals surface area contributed by atoms with Crippen LogP contribution < -0.4 is 15.5 Å². The first-order valence-corrected chi connectivity index (χ1v) is 13.0. The topological polar surface area (TPSA) is 140 Å². The lowest BCUT2D eigenvalue weighted by molar-refractivity contribution is -0.384. The van der Waals surface area contributed by atoms with Gasteiger partial charge in [0, 0.05) is 43.5 Å². The van der Waals surface area contributed by atoms with Crippen molar-refractivity contribution in [3.8, 4) is 5.75 Å². The number of nitro groups is 1. The molecule has 0 aliphatic carbocycles. The van der Waals surface area contributed by atoms with E-state index in [1.165, 1.54) is 42.6 Å². The van der Waals surface area contributed by atoms with Crippen LogP contribution in [0.25, 0.3) is 0 Å². The predicted molar refractivity (Wildman–Crippen MR) is 156 cm³/mol. The SMILES string of the molecule is O=C(NN=Cc1cc(Br)ccc1OC(=O)c1ccc([N+](=O)[O-])cc1)c1cccc(NC(=O)c2ccc(Br)cc2)c1. The molecule has 0 heterocycles. The number of hydrogen-bond acceptors (Lipinski definition) is 7. The molecular formula is C28H18Br2N4O6. The van der Waals surface area contributed by atoms with E-state index in [-0.39, 0.29) is 28.5 Å². The zero-order valence-electron chi connectivity index (χ0n) is 20.3. The third-order valence-electron chi connectivity index (χ3n) is 5.35. The lowest BCUT2D eigenvalue weighted by atomic mass is 10.1. The van der Waals surface area contributed by atoms with Crippen molar-refractivity contribution in [2.75, 3.05) is 5.32 Å². The van der Waals surface area contributed by atoms with Crippen molar-refractivity contribution in [3.63, 3.8) is 0 Å². The Balaban J connectivity index is 1.42. The molecule has 0 aliphatic rings. The zero-order chi connectivity index (χ0) is 28.6. The second-order valence-corrected chi connectivity index (χ2v) is 9.95. The molecule has 0 aromatic heterocycles. The van der Waals surface area contributed by atoms with Crippen LogP contribution in [0.2, 0.25) is 0 Å². The van der Waals surface area contributed by atoms with Gasteiger partial charge in [0.1, 0.15) is 5.75 Å². The first kappa shape index (κ1) is 28.3. The smallest absolute Gasteiger partial charge is 0.343 e. The Kier molecular flexibility index (Phi) is 9.15. The fourth-order valence-electron chi connectivity index (χ4n) is 3.36. The van der Waals surface area contributed by atoms with E-state index in [2.05, 4.69) is 47.7 Å². The molecule has 2 N–H and O–H groups in total. The minimum absolute atomic E-state index is 0.122. The highest BCUT2D eigenvalue weighted by Crippen LogP contribution is 2.23. The van der Waals surface area contributed by atoms with Gasteiger partial charge in [0.2, 0.25) is 0 Å². The predicted octanol–water partition coefficient (Wildman–Crippen LogP) is 6.36. The lowest BCUT2D eigenvalue weighted by Gasteiger charge is -2.09. The molecule has 0 spiro atoms. The van der Waals surface area contributed by atoms with Crippen LogP contribution in [0.4, 0.5) is 11.4 Å². The highest BCUT2D eigenvalue weighted by Gasteiger charge is 2.14. The van der Waals surface area contributed by atoms with E-state index < -0.39 is 16.8 Å². The normalized spacial score (nSPS) is 10.7. The van der Waals surface area contributed by atoms with Gasteiger partial charge >= 0.3 is 5.97 Å². The molecule has 10 nitrogen and oxygen atoms in total. The highest BCUT2D eigenvalue weighted by molar-refractivity contribution is 9.10. The van der Waals surface area contributed by atoms with Crippen molar-refractivity contribution in [1.82, 2.24) is 5.43 Å². The lowest BCUT2D eigenvalue weighted by Crippen LogP contribution is -2.18. The average Bonchev–Trinajstić information content (AvgIpc) is 2.94. The summed E-state index contributed by atoms with van der Waals surface area (Å²) in [6.07, 6.45) is 1.31. The Morgan fingerprint density at radius 1 is 0.800 bits per heavy atom. The van der Waals surface area contributed by atoms with Crippen molar-refractivity contribution in [2.24, 2.45) is 5.10 Å². The molecule has 0 saturated carbocycles.